The van der Waals surface area contributed by atoms with Crippen LogP contribution < -0.4 is 11.1 Å². The predicted molar refractivity (Wildman–Crippen MR) is 58.2 cm³/mol. The lowest BCUT2D eigenvalue weighted by atomic mass is 10.5. The van der Waals surface area contributed by atoms with Crippen molar-refractivity contribution in [3.05, 3.63) is 22.9 Å². The number of aromatic nitrogens is 3. The van der Waals surface area contributed by atoms with Gasteiger partial charge in [0, 0.05) is 13.1 Å². The van der Waals surface area contributed by atoms with Crippen LogP contribution in [0.3, 0.4) is 0 Å². The Morgan fingerprint density at radius 2 is 2.36 bits per heavy atom. The van der Waals surface area contributed by atoms with Crippen LogP contribution in [0.2, 0.25) is 0 Å². The Labute approximate surface area is 89.4 Å². The van der Waals surface area contributed by atoms with Gasteiger partial charge < -0.3 is 11.1 Å². The second-order valence-electron chi connectivity index (χ2n) is 2.79. The first kappa shape index (κ1) is 9.42. The maximum Gasteiger partial charge on any atom is 0.241 e. The van der Waals surface area contributed by atoms with Crippen molar-refractivity contribution >= 4 is 27.4 Å². The second kappa shape index (κ2) is 3.93. The number of hydrogen-bond acceptors (Lipinski definition) is 4. The van der Waals surface area contributed by atoms with Crippen molar-refractivity contribution in [2.24, 2.45) is 5.73 Å². The molecule has 14 heavy (non-hydrogen) atoms. The molecule has 0 radical (unpaired) electrons. The highest BCUT2D eigenvalue weighted by Crippen LogP contribution is 2.14. The van der Waals surface area contributed by atoms with Gasteiger partial charge in [-0.1, -0.05) is 0 Å². The summed E-state index contributed by atoms with van der Waals surface area (Å²) in [6.45, 7) is 1.23. The summed E-state index contributed by atoms with van der Waals surface area (Å²) in [4.78, 5) is 4.14. The molecule has 5 nitrogen and oxygen atoms in total. The van der Waals surface area contributed by atoms with Crippen LogP contribution in [0.15, 0.2) is 22.9 Å². The largest absolute Gasteiger partial charge is 0.352 e. The number of fused-ring (bicyclic) bond motifs is 1. The number of hydrogen-bond donors (Lipinski definition) is 2. The highest BCUT2D eigenvalue weighted by molar-refractivity contribution is 9.10. The summed E-state index contributed by atoms with van der Waals surface area (Å²) in [5, 5.41) is 7.28. The molecule has 6 heteroatoms. The van der Waals surface area contributed by atoms with E-state index >= 15 is 0 Å². The number of rotatable bonds is 3. The fourth-order valence-electron chi connectivity index (χ4n) is 1.13. The van der Waals surface area contributed by atoms with Gasteiger partial charge in [0.15, 0.2) is 0 Å². The molecule has 0 aliphatic carbocycles. The van der Waals surface area contributed by atoms with Gasteiger partial charge in [0.2, 0.25) is 5.95 Å². The van der Waals surface area contributed by atoms with Crippen LogP contribution >= 0.6 is 15.9 Å². The van der Waals surface area contributed by atoms with Gasteiger partial charge in [-0.3, -0.25) is 0 Å². The summed E-state index contributed by atoms with van der Waals surface area (Å²) in [7, 11) is 0. The highest BCUT2D eigenvalue weighted by Gasteiger charge is 2.01. The molecule has 2 aromatic heterocycles. The van der Waals surface area contributed by atoms with E-state index in [2.05, 4.69) is 31.3 Å². The third-order valence-corrected chi connectivity index (χ3v) is 2.38. The van der Waals surface area contributed by atoms with E-state index in [1.807, 2.05) is 12.1 Å². The molecule has 3 N–H and O–H groups in total. The fraction of sp³-hybridized carbons (Fsp3) is 0.250. The summed E-state index contributed by atoms with van der Waals surface area (Å²) >= 11 is 3.39. The molecule has 0 aliphatic heterocycles. The van der Waals surface area contributed by atoms with Crippen LogP contribution in [0.4, 0.5) is 5.95 Å². The lowest BCUT2D eigenvalue weighted by molar-refractivity contribution is 0.873. The smallest absolute Gasteiger partial charge is 0.241 e. The minimum absolute atomic E-state index is 0.564. The molecule has 0 saturated heterocycles. The van der Waals surface area contributed by atoms with Crippen molar-refractivity contribution in [3.8, 4) is 0 Å². The third kappa shape index (κ3) is 1.71. The predicted octanol–water partition coefficient (Wildman–Crippen LogP) is 0.862. The van der Waals surface area contributed by atoms with E-state index in [-0.39, 0.29) is 0 Å². The minimum atomic E-state index is 0.564. The Morgan fingerprint density at radius 1 is 1.50 bits per heavy atom. The van der Waals surface area contributed by atoms with Gasteiger partial charge in [-0.2, -0.15) is 0 Å². The highest BCUT2D eigenvalue weighted by atomic mass is 79.9. The maximum atomic E-state index is 5.36. The molecule has 2 heterocycles. The number of nitrogens with one attached hydrogen (secondary N) is 1. The quantitative estimate of drug-likeness (QED) is 0.854. The van der Waals surface area contributed by atoms with Crippen LogP contribution in [-0.4, -0.2) is 27.7 Å². The molecule has 2 rings (SSSR count). The van der Waals surface area contributed by atoms with Crippen LogP contribution in [0.1, 0.15) is 0 Å². The minimum Gasteiger partial charge on any atom is -0.352 e. The van der Waals surface area contributed by atoms with Gasteiger partial charge in [-0.15, -0.1) is 5.10 Å². The zero-order valence-electron chi connectivity index (χ0n) is 7.44. The Morgan fingerprint density at radius 3 is 3.14 bits per heavy atom. The Hall–Kier alpha value is -1.14. The first-order valence-electron chi connectivity index (χ1n) is 4.25. The molecule has 0 aromatic carbocycles. The SMILES string of the molecule is NCCNc1ncc2ccc(Br)n2n1. The lowest BCUT2D eigenvalue weighted by Gasteiger charge is -2.02. The fourth-order valence-corrected chi connectivity index (χ4v) is 1.55. The average molecular weight is 256 g/mol. The van der Waals surface area contributed by atoms with E-state index in [1.54, 1.807) is 10.7 Å². The molecule has 0 aliphatic rings. The van der Waals surface area contributed by atoms with E-state index in [0.29, 0.717) is 19.0 Å². The van der Waals surface area contributed by atoms with Gasteiger partial charge in [0.1, 0.15) is 4.60 Å². The number of nitrogens with zero attached hydrogens (tertiary/aromatic N) is 3. The van der Waals surface area contributed by atoms with E-state index in [9.17, 15) is 0 Å². The van der Waals surface area contributed by atoms with Crippen molar-refractivity contribution in [1.29, 1.82) is 0 Å². The van der Waals surface area contributed by atoms with Crippen LogP contribution in [0.5, 0.6) is 0 Å². The maximum absolute atomic E-state index is 5.36. The zero-order chi connectivity index (χ0) is 9.97. The van der Waals surface area contributed by atoms with Crippen LogP contribution in [0.25, 0.3) is 5.52 Å². The summed E-state index contributed by atoms with van der Waals surface area (Å²) in [6, 6.07) is 3.87. The van der Waals surface area contributed by atoms with Gasteiger partial charge >= 0.3 is 0 Å². The molecular formula is C8H10BrN5. The zero-order valence-corrected chi connectivity index (χ0v) is 9.03. The van der Waals surface area contributed by atoms with Crippen molar-refractivity contribution in [2.75, 3.05) is 18.4 Å². The van der Waals surface area contributed by atoms with E-state index in [1.165, 1.54) is 0 Å². The molecule has 0 saturated carbocycles. The molecule has 0 spiro atoms. The summed E-state index contributed by atoms with van der Waals surface area (Å²) in [6.07, 6.45) is 1.76. The monoisotopic (exact) mass is 255 g/mol. The second-order valence-corrected chi connectivity index (χ2v) is 3.60. The van der Waals surface area contributed by atoms with Gasteiger partial charge in [0.25, 0.3) is 0 Å². The number of halogens is 1. The standard InChI is InChI=1S/C8H10BrN5/c9-7-2-1-6-5-12-8(11-4-3-10)13-14(6)7/h1-2,5H,3-4,10H2,(H,11,13). The van der Waals surface area contributed by atoms with Crippen molar-refractivity contribution in [1.82, 2.24) is 14.6 Å². The Kier molecular flexibility index (Phi) is 2.64. The molecule has 0 amide bonds. The van der Waals surface area contributed by atoms with Crippen LogP contribution in [-0.2, 0) is 0 Å². The lowest BCUT2D eigenvalue weighted by Crippen LogP contribution is -2.15. The number of anilines is 1. The summed E-state index contributed by atoms with van der Waals surface area (Å²) in [5.41, 5.74) is 6.32. The molecule has 0 atom stereocenters. The van der Waals surface area contributed by atoms with E-state index in [0.717, 1.165) is 10.1 Å². The summed E-state index contributed by atoms with van der Waals surface area (Å²) < 4.78 is 2.68. The Balaban J connectivity index is 2.34. The van der Waals surface area contributed by atoms with Gasteiger partial charge in [-0.25, -0.2) is 9.50 Å². The van der Waals surface area contributed by atoms with Crippen molar-refractivity contribution in [3.63, 3.8) is 0 Å². The topological polar surface area (TPSA) is 68.2 Å². The molecular weight excluding hydrogens is 246 g/mol. The van der Waals surface area contributed by atoms with E-state index in [4.69, 9.17) is 5.73 Å². The van der Waals surface area contributed by atoms with Crippen molar-refractivity contribution < 1.29 is 0 Å². The third-order valence-electron chi connectivity index (χ3n) is 1.78. The van der Waals surface area contributed by atoms with Crippen LogP contribution in [0, 0.1) is 0 Å². The van der Waals surface area contributed by atoms with Gasteiger partial charge in [-0.05, 0) is 28.1 Å². The average Bonchev–Trinajstić information content (AvgIpc) is 2.57. The summed E-state index contributed by atoms with van der Waals surface area (Å²) in [5.74, 6) is 0.583. The normalized spacial score (nSPS) is 10.7. The molecule has 2 aromatic rings. The Bertz CT molecular complexity index is 438. The first-order valence-corrected chi connectivity index (χ1v) is 5.05. The molecule has 0 bridgehead atoms. The molecule has 0 unspecified atom stereocenters. The van der Waals surface area contributed by atoms with Crippen molar-refractivity contribution in [2.45, 2.75) is 0 Å². The number of nitrogens with two attached hydrogens (primary N) is 1. The molecule has 0 fully saturated rings. The van der Waals surface area contributed by atoms with E-state index < -0.39 is 0 Å². The first-order chi connectivity index (χ1) is 6.81. The van der Waals surface area contributed by atoms with Gasteiger partial charge in [0.05, 0.1) is 11.7 Å². The molecule has 74 valence electrons.